The predicted molar refractivity (Wildman–Crippen MR) is 91.6 cm³/mol. The van der Waals surface area contributed by atoms with E-state index in [4.69, 9.17) is 5.73 Å². The summed E-state index contributed by atoms with van der Waals surface area (Å²) < 4.78 is 0. The summed E-state index contributed by atoms with van der Waals surface area (Å²) in [6.45, 7) is 4.84. The standard InChI is InChI=1S/C19H33NO/c1-3-4-5-6-7-8-9-13-19(21)18(15-20)17-12-10-11-16(2)14-17/h10-12,14,18-19,21H,3-9,13,15,20H2,1-2H3. The molecular formula is C19H33NO. The number of hydrogen-bond acceptors (Lipinski definition) is 2. The molecule has 0 heterocycles. The highest BCUT2D eigenvalue weighted by Gasteiger charge is 2.19. The zero-order valence-corrected chi connectivity index (χ0v) is 13.9. The van der Waals surface area contributed by atoms with Gasteiger partial charge < -0.3 is 10.8 Å². The summed E-state index contributed by atoms with van der Waals surface area (Å²) in [4.78, 5) is 0. The van der Waals surface area contributed by atoms with E-state index in [1.54, 1.807) is 0 Å². The summed E-state index contributed by atoms with van der Waals surface area (Å²) in [7, 11) is 0. The maximum atomic E-state index is 10.4. The molecule has 0 spiro atoms. The average molecular weight is 291 g/mol. The van der Waals surface area contributed by atoms with Gasteiger partial charge in [-0.1, -0.05) is 81.7 Å². The van der Waals surface area contributed by atoms with Gasteiger partial charge in [-0.05, 0) is 18.9 Å². The third kappa shape index (κ3) is 7.10. The molecule has 2 unspecified atom stereocenters. The highest BCUT2D eigenvalue weighted by molar-refractivity contribution is 5.26. The van der Waals surface area contributed by atoms with Gasteiger partial charge in [0, 0.05) is 12.5 Å². The molecule has 0 aliphatic heterocycles. The number of rotatable bonds is 11. The van der Waals surface area contributed by atoms with E-state index in [1.165, 1.54) is 49.7 Å². The van der Waals surface area contributed by atoms with Crippen molar-refractivity contribution in [3.8, 4) is 0 Å². The fraction of sp³-hybridized carbons (Fsp3) is 0.684. The Labute approximate surface area is 130 Å². The number of aryl methyl sites for hydroxylation is 1. The number of hydrogen-bond donors (Lipinski definition) is 2. The van der Waals surface area contributed by atoms with Crippen molar-refractivity contribution in [2.45, 2.75) is 77.2 Å². The van der Waals surface area contributed by atoms with Crippen LogP contribution >= 0.6 is 0 Å². The fourth-order valence-corrected chi connectivity index (χ4v) is 2.93. The van der Waals surface area contributed by atoms with Gasteiger partial charge in [0.2, 0.25) is 0 Å². The second-order valence-corrected chi connectivity index (χ2v) is 6.23. The molecule has 1 aromatic rings. The van der Waals surface area contributed by atoms with Gasteiger partial charge in [0.15, 0.2) is 0 Å². The van der Waals surface area contributed by atoms with E-state index >= 15 is 0 Å². The lowest BCUT2D eigenvalue weighted by molar-refractivity contribution is 0.132. The first-order chi connectivity index (χ1) is 10.2. The van der Waals surface area contributed by atoms with Crippen LogP contribution in [0, 0.1) is 6.92 Å². The van der Waals surface area contributed by atoms with Crippen molar-refractivity contribution in [1.82, 2.24) is 0 Å². The first-order valence-corrected chi connectivity index (χ1v) is 8.63. The molecule has 0 aliphatic carbocycles. The molecule has 3 N–H and O–H groups in total. The van der Waals surface area contributed by atoms with E-state index in [9.17, 15) is 5.11 Å². The molecule has 0 fully saturated rings. The molecule has 2 atom stereocenters. The van der Waals surface area contributed by atoms with Gasteiger partial charge in [-0.3, -0.25) is 0 Å². The Morgan fingerprint density at radius 1 is 1.05 bits per heavy atom. The van der Waals surface area contributed by atoms with Crippen LogP contribution in [0.5, 0.6) is 0 Å². The van der Waals surface area contributed by atoms with Crippen molar-refractivity contribution < 1.29 is 5.11 Å². The van der Waals surface area contributed by atoms with Crippen molar-refractivity contribution in [2.75, 3.05) is 6.54 Å². The summed E-state index contributed by atoms with van der Waals surface area (Å²) in [6.07, 6.45) is 9.52. The van der Waals surface area contributed by atoms with Gasteiger partial charge in [0.25, 0.3) is 0 Å². The zero-order valence-electron chi connectivity index (χ0n) is 13.9. The number of nitrogens with two attached hydrogens (primary N) is 1. The van der Waals surface area contributed by atoms with Crippen molar-refractivity contribution >= 4 is 0 Å². The van der Waals surface area contributed by atoms with E-state index in [-0.39, 0.29) is 12.0 Å². The largest absolute Gasteiger partial charge is 0.392 e. The van der Waals surface area contributed by atoms with E-state index < -0.39 is 0 Å². The monoisotopic (exact) mass is 291 g/mol. The van der Waals surface area contributed by atoms with Crippen molar-refractivity contribution in [1.29, 1.82) is 0 Å². The SMILES string of the molecule is CCCCCCCCCC(O)C(CN)c1cccc(C)c1. The first kappa shape index (κ1) is 18.2. The Bertz CT molecular complexity index is 378. The topological polar surface area (TPSA) is 46.2 Å². The lowest BCUT2D eigenvalue weighted by Crippen LogP contribution is -2.26. The maximum absolute atomic E-state index is 10.4. The van der Waals surface area contributed by atoms with Crippen LogP contribution in [-0.2, 0) is 0 Å². The van der Waals surface area contributed by atoms with E-state index in [0.717, 1.165) is 12.8 Å². The minimum Gasteiger partial charge on any atom is -0.392 e. The van der Waals surface area contributed by atoms with Crippen LogP contribution in [-0.4, -0.2) is 17.8 Å². The predicted octanol–water partition coefficient (Wildman–Crippen LogP) is 4.54. The first-order valence-electron chi connectivity index (χ1n) is 8.63. The van der Waals surface area contributed by atoms with Crippen molar-refractivity contribution in [3.63, 3.8) is 0 Å². The van der Waals surface area contributed by atoms with Crippen LogP contribution in [0.3, 0.4) is 0 Å². The lowest BCUT2D eigenvalue weighted by Gasteiger charge is -2.22. The highest BCUT2D eigenvalue weighted by Crippen LogP contribution is 2.23. The Morgan fingerprint density at radius 2 is 1.71 bits per heavy atom. The molecule has 0 saturated carbocycles. The van der Waals surface area contributed by atoms with Gasteiger partial charge in [-0.25, -0.2) is 0 Å². The molecule has 0 aromatic heterocycles. The van der Waals surface area contributed by atoms with Crippen LogP contribution < -0.4 is 5.73 Å². The average Bonchev–Trinajstić information content (AvgIpc) is 2.47. The third-order valence-electron chi connectivity index (χ3n) is 4.29. The summed E-state index contributed by atoms with van der Waals surface area (Å²) in [5, 5.41) is 10.4. The fourth-order valence-electron chi connectivity index (χ4n) is 2.93. The van der Waals surface area contributed by atoms with Gasteiger partial charge in [0.05, 0.1) is 6.10 Å². The summed E-state index contributed by atoms with van der Waals surface area (Å²) >= 11 is 0. The number of unbranched alkanes of at least 4 members (excludes halogenated alkanes) is 6. The van der Waals surface area contributed by atoms with Crippen LogP contribution in [0.4, 0.5) is 0 Å². The van der Waals surface area contributed by atoms with Crippen LogP contribution in [0.15, 0.2) is 24.3 Å². The minimum atomic E-state index is -0.313. The van der Waals surface area contributed by atoms with Crippen LogP contribution in [0.25, 0.3) is 0 Å². The smallest absolute Gasteiger partial charge is 0.0620 e. The van der Waals surface area contributed by atoms with Crippen LogP contribution in [0.1, 0.15) is 75.3 Å². The van der Waals surface area contributed by atoms with Crippen molar-refractivity contribution in [3.05, 3.63) is 35.4 Å². The zero-order chi connectivity index (χ0) is 15.5. The number of aliphatic hydroxyl groups excluding tert-OH is 1. The Hall–Kier alpha value is -0.860. The highest BCUT2D eigenvalue weighted by atomic mass is 16.3. The van der Waals surface area contributed by atoms with Gasteiger partial charge in [0.1, 0.15) is 0 Å². The van der Waals surface area contributed by atoms with Crippen molar-refractivity contribution in [2.24, 2.45) is 5.73 Å². The molecule has 0 aliphatic rings. The molecular weight excluding hydrogens is 258 g/mol. The minimum absolute atomic E-state index is 0.0741. The molecule has 1 aromatic carbocycles. The van der Waals surface area contributed by atoms with Gasteiger partial charge in [-0.15, -0.1) is 0 Å². The van der Waals surface area contributed by atoms with Gasteiger partial charge >= 0.3 is 0 Å². The number of benzene rings is 1. The molecule has 2 heteroatoms. The second-order valence-electron chi connectivity index (χ2n) is 6.23. The van der Waals surface area contributed by atoms with E-state index in [1.807, 2.05) is 6.07 Å². The molecule has 0 bridgehead atoms. The summed E-state index contributed by atoms with van der Waals surface area (Å²) in [5.74, 6) is 0.0741. The Balaban J connectivity index is 2.30. The lowest BCUT2D eigenvalue weighted by atomic mass is 9.89. The molecule has 0 saturated heterocycles. The molecule has 0 radical (unpaired) electrons. The number of aliphatic hydroxyl groups is 1. The summed E-state index contributed by atoms with van der Waals surface area (Å²) in [6, 6.07) is 8.36. The second kappa shape index (κ2) is 10.8. The third-order valence-corrected chi connectivity index (χ3v) is 4.29. The Kier molecular flexibility index (Phi) is 9.36. The molecule has 0 amide bonds. The molecule has 2 nitrogen and oxygen atoms in total. The van der Waals surface area contributed by atoms with E-state index in [0.29, 0.717) is 6.54 Å². The normalized spacial score (nSPS) is 14.1. The Morgan fingerprint density at radius 3 is 2.33 bits per heavy atom. The molecule has 21 heavy (non-hydrogen) atoms. The molecule has 120 valence electrons. The van der Waals surface area contributed by atoms with Gasteiger partial charge in [-0.2, -0.15) is 0 Å². The van der Waals surface area contributed by atoms with Crippen LogP contribution in [0.2, 0.25) is 0 Å². The van der Waals surface area contributed by atoms with E-state index in [2.05, 4.69) is 32.0 Å². The summed E-state index contributed by atoms with van der Waals surface area (Å²) in [5.41, 5.74) is 8.29. The molecule has 1 rings (SSSR count). The maximum Gasteiger partial charge on any atom is 0.0620 e. The quantitative estimate of drug-likeness (QED) is 0.588.